The van der Waals surface area contributed by atoms with Gasteiger partial charge in [0.25, 0.3) is 9.05 Å². The Labute approximate surface area is 124 Å². The average Bonchev–Trinajstić information content (AvgIpc) is 2.79. The lowest BCUT2D eigenvalue weighted by Crippen LogP contribution is -2.24. The Hall–Kier alpha value is -1.25. The highest BCUT2D eigenvalue weighted by molar-refractivity contribution is 8.13. The number of anilines is 1. The van der Waals surface area contributed by atoms with Crippen molar-refractivity contribution in [1.29, 1.82) is 0 Å². The lowest BCUT2D eigenvalue weighted by atomic mass is 10.1. The van der Waals surface area contributed by atoms with Crippen LogP contribution in [0, 0.1) is 17.6 Å². The van der Waals surface area contributed by atoms with Gasteiger partial charge >= 0.3 is 0 Å². The van der Waals surface area contributed by atoms with Gasteiger partial charge in [0.05, 0.1) is 23.5 Å². The first kappa shape index (κ1) is 16.1. The molecule has 2 unspecified atom stereocenters. The molecule has 1 aromatic carbocycles. The first-order valence-electron chi connectivity index (χ1n) is 6.04. The molecule has 0 aliphatic carbocycles. The number of hydrogen-bond donors (Lipinski definition) is 1. The Morgan fingerprint density at radius 3 is 2.38 bits per heavy atom. The van der Waals surface area contributed by atoms with Gasteiger partial charge < -0.3 is 10.1 Å². The van der Waals surface area contributed by atoms with Gasteiger partial charge in [-0.3, -0.25) is 4.79 Å². The van der Waals surface area contributed by atoms with E-state index in [1.807, 2.05) is 0 Å². The van der Waals surface area contributed by atoms with Gasteiger partial charge in [0.15, 0.2) is 11.6 Å². The van der Waals surface area contributed by atoms with Crippen molar-refractivity contribution in [2.75, 3.05) is 11.9 Å². The average molecular weight is 340 g/mol. The molecule has 2 rings (SSSR count). The fourth-order valence-electron chi connectivity index (χ4n) is 2.04. The first-order valence-corrected chi connectivity index (χ1v) is 8.35. The molecule has 5 nitrogen and oxygen atoms in total. The molecule has 0 spiro atoms. The summed E-state index contributed by atoms with van der Waals surface area (Å²) >= 11 is 0. The Morgan fingerprint density at radius 2 is 1.95 bits per heavy atom. The number of hydrogen-bond acceptors (Lipinski definition) is 4. The quantitative estimate of drug-likeness (QED) is 0.857. The second-order valence-corrected chi connectivity index (χ2v) is 7.33. The van der Waals surface area contributed by atoms with Gasteiger partial charge in [-0.25, -0.2) is 17.2 Å². The fraction of sp³-hybridized carbons (Fsp3) is 0.417. The predicted octanol–water partition coefficient (Wildman–Crippen LogP) is 2.26. The molecule has 0 saturated carbocycles. The number of amides is 1. The molecule has 2 atom stereocenters. The standard InChI is InChI=1S/C12H12ClF2NO4S/c1-6-2-7(5-20-6)12(17)16-11-9(14)3-8(4-10(11)15)21(13,18)19/h3-4,6-7H,2,5H2,1H3,(H,16,17). The maximum atomic E-state index is 13.8. The van der Waals surface area contributed by atoms with Gasteiger partial charge in [-0.05, 0) is 25.5 Å². The molecule has 1 heterocycles. The highest BCUT2D eigenvalue weighted by atomic mass is 35.7. The summed E-state index contributed by atoms with van der Waals surface area (Å²) in [6.07, 6.45) is 0.350. The number of nitrogens with one attached hydrogen (secondary N) is 1. The molecule has 1 aromatic rings. The third-order valence-electron chi connectivity index (χ3n) is 3.11. The summed E-state index contributed by atoms with van der Waals surface area (Å²) in [5.41, 5.74) is -0.705. The van der Waals surface area contributed by atoms with Crippen LogP contribution in [-0.4, -0.2) is 27.0 Å². The molecule has 0 radical (unpaired) electrons. The van der Waals surface area contributed by atoms with Crippen LogP contribution in [-0.2, 0) is 18.6 Å². The van der Waals surface area contributed by atoms with E-state index in [0.29, 0.717) is 18.6 Å². The van der Waals surface area contributed by atoms with Crippen molar-refractivity contribution in [1.82, 2.24) is 0 Å². The van der Waals surface area contributed by atoms with Crippen LogP contribution in [0.3, 0.4) is 0 Å². The minimum Gasteiger partial charge on any atom is -0.378 e. The molecule has 0 bridgehead atoms. The summed E-state index contributed by atoms with van der Waals surface area (Å²) in [4.78, 5) is 11.2. The molecule has 1 N–H and O–H groups in total. The molecule has 1 saturated heterocycles. The third-order valence-corrected chi connectivity index (χ3v) is 4.45. The first-order chi connectivity index (χ1) is 9.68. The minimum atomic E-state index is -4.26. The minimum absolute atomic E-state index is 0.0980. The van der Waals surface area contributed by atoms with E-state index in [2.05, 4.69) is 5.32 Å². The van der Waals surface area contributed by atoms with Crippen molar-refractivity contribution in [3.63, 3.8) is 0 Å². The Balaban J connectivity index is 2.23. The number of halogens is 3. The van der Waals surface area contributed by atoms with Gasteiger partial charge in [0.1, 0.15) is 5.69 Å². The van der Waals surface area contributed by atoms with Crippen LogP contribution in [0.4, 0.5) is 14.5 Å². The number of benzene rings is 1. The van der Waals surface area contributed by atoms with Crippen LogP contribution in [0.1, 0.15) is 13.3 Å². The fourth-order valence-corrected chi connectivity index (χ4v) is 2.79. The van der Waals surface area contributed by atoms with E-state index in [0.717, 1.165) is 0 Å². The van der Waals surface area contributed by atoms with E-state index in [4.69, 9.17) is 15.4 Å². The highest BCUT2D eigenvalue weighted by Crippen LogP contribution is 2.27. The van der Waals surface area contributed by atoms with E-state index >= 15 is 0 Å². The van der Waals surface area contributed by atoms with E-state index in [1.165, 1.54) is 0 Å². The zero-order chi connectivity index (χ0) is 15.8. The smallest absolute Gasteiger partial charge is 0.261 e. The molecule has 1 fully saturated rings. The lowest BCUT2D eigenvalue weighted by Gasteiger charge is -2.11. The Bertz CT molecular complexity index is 657. The summed E-state index contributed by atoms with van der Waals surface area (Å²) < 4.78 is 54.8. The Morgan fingerprint density at radius 1 is 1.38 bits per heavy atom. The topological polar surface area (TPSA) is 72.5 Å². The van der Waals surface area contributed by atoms with Crippen molar-refractivity contribution in [2.24, 2.45) is 5.92 Å². The van der Waals surface area contributed by atoms with Crippen molar-refractivity contribution < 1.29 is 26.7 Å². The number of ether oxygens (including phenoxy) is 1. The summed E-state index contributed by atoms with van der Waals surface area (Å²) in [5, 5.41) is 2.11. The molecular weight excluding hydrogens is 328 g/mol. The third kappa shape index (κ3) is 3.69. The highest BCUT2D eigenvalue weighted by Gasteiger charge is 2.29. The van der Waals surface area contributed by atoms with Gasteiger partial charge in [-0.2, -0.15) is 0 Å². The molecule has 1 aliphatic rings. The van der Waals surface area contributed by atoms with Crippen LogP contribution in [0.25, 0.3) is 0 Å². The van der Waals surface area contributed by atoms with Crippen molar-refractivity contribution in [3.8, 4) is 0 Å². The zero-order valence-electron chi connectivity index (χ0n) is 10.9. The van der Waals surface area contributed by atoms with Gasteiger partial charge in [-0.1, -0.05) is 0 Å². The van der Waals surface area contributed by atoms with Crippen LogP contribution in [0.2, 0.25) is 0 Å². The van der Waals surface area contributed by atoms with Crippen molar-refractivity contribution >= 4 is 31.3 Å². The van der Waals surface area contributed by atoms with Crippen molar-refractivity contribution in [2.45, 2.75) is 24.3 Å². The lowest BCUT2D eigenvalue weighted by molar-refractivity contribution is -0.119. The van der Waals surface area contributed by atoms with Crippen LogP contribution < -0.4 is 5.32 Å². The molecule has 0 aromatic heterocycles. The van der Waals surface area contributed by atoms with E-state index < -0.39 is 43.1 Å². The second kappa shape index (κ2) is 5.86. The summed E-state index contributed by atoms with van der Waals surface area (Å²) in [5.74, 6) is -3.52. The van der Waals surface area contributed by atoms with E-state index in [1.54, 1.807) is 6.92 Å². The molecule has 116 valence electrons. The molecule has 21 heavy (non-hydrogen) atoms. The molecular formula is C12H12ClF2NO4S. The molecule has 1 amide bonds. The SMILES string of the molecule is CC1CC(C(=O)Nc2c(F)cc(S(=O)(=O)Cl)cc2F)CO1. The van der Waals surface area contributed by atoms with Crippen LogP contribution in [0.5, 0.6) is 0 Å². The number of carbonyl (C=O) groups excluding carboxylic acids is 1. The molecule has 1 aliphatic heterocycles. The molecule has 9 heteroatoms. The second-order valence-electron chi connectivity index (χ2n) is 4.77. The van der Waals surface area contributed by atoms with E-state index in [-0.39, 0.29) is 12.7 Å². The van der Waals surface area contributed by atoms with Gasteiger partial charge in [0.2, 0.25) is 5.91 Å². The summed E-state index contributed by atoms with van der Waals surface area (Å²) in [6.45, 7) is 1.96. The Kier molecular flexibility index (Phi) is 4.50. The maximum Gasteiger partial charge on any atom is 0.261 e. The zero-order valence-corrected chi connectivity index (χ0v) is 12.5. The van der Waals surface area contributed by atoms with Gasteiger partial charge in [-0.15, -0.1) is 0 Å². The normalized spacial score (nSPS) is 22.3. The summed E-state index contributed by atoms with van der Waals surface area (Å²) in [6, 6.07) is 1.10. The summed E-state index contributed by atoms with van der Waals surface area (Å²) in [7, 11) is 0.759. The number of carbonyl (C=O) groups is 1. The van der Waals surface area contributed by atoms with Gasteiger partial charge in [0, 0.05) is 10.7 Å². The van der Waals surface area contributed by atoms with Crippen LogP contribution in [0.15, 0.2) is 17.0 Å². The maximum absolute atomic E-state index is 13.8. The largest absolute Gasteiger partial charge is 0.378 e. The van der Waals surface area contributed by atoms with Crippen molar-refractivity contribution in [3.05, 3.63) is 23.8 Å². The monoisotopic (exact) mass is 339 g/mol. The number of rotatable bonds is 3. The van der Waals surface area contributed by atoms with E-state index in [9.17, 15) is 22.0 Å². The predicted molar refractivity (Wildman–Crippen MR) is 71.5 cm³/mol. The van der Waals surface area contributed by atoms with Crippen LogP contribution >= 0.6 is 10.7 Å².